The molecule has 24 heavy (non-hydrogen) atoms. The van der Waals surface area contributed by atoms with Gasteiger partial charge in [0.1, 0.15) is 0 Å². The van der Waals surface area contributed by atoms with Crippen LogP contribution in [0.2, 0.25) is 0 Å². The van der Waals surface area contributed by atoms with E-state index in [1.165, 1.54) is 35.6 Å². The Labute approximate surface area is 141 Å². The summed E-state index contributed by atoms with van der Waals surface area (Å²) < 4.78 is 1.01. The second kappa shape index (κ2) is 6.59. The van der Waals surface area contributed by atoms with Gasteiger partial charge < -0.3 is 0 Å². The van der Waals surface area contributed by atoms with Crippen molar-refractivity contribution in [1.82, 2.24) is 4.98 Å². The van der Waals surface area contributed by atoms with Crippen molar-refractivity contribution in [3.8, 4) is 0 Å². The number of carbonyl (C=O) groups is 1. The van der Waals surface area contributed by atoms with Crippen LogP contribution in [0.15, 0.2) is 48.5 Å². The summed E-state index contributed by atoms with van der Waals surface area (Å²) >= 11 is 1.40. The molecule has 120 valence electrons. The largest absolute Gasteiger partial charge is 0.298 e. The molecule has 2 aromatic carbocycles. The zero-order valence-electron chi connectivity index (χ0n) is 12.7. The van der Waals surface area contributed by atoms with Gasteiger partial charge in [0.05, 0.1) is 15.1 Å². The van der Waals surface area contributed by atoms with Gasteiger partial charge >= 0.3 is 0 Å². The van der Waals surface area contributed by atoms with Crippen LogP contribution in [0.4, 0.5) is 10.8 Å². The Balaban J connectivity index is 1.72. The first-order valence-corrected chi connectivity index (χ1v) is 7.93. The van der Waals surface area contributed by atoms with Crippen molar-refractivity contribution in [2.45, 2.75) is 6.92 Å². The molecule has 0 fully saturated rings. The maximum absolute atomic E-state index is 12.0. The number of nitrogens with one attached hydrogen (secondary N) is 1. The average molecular weight is 339 g/mol. The number of nitro benzene ring substituents is 1. The van der Waals surface area contributed by atoms with E-state index < -0.39 is 4.92 Å². The standard InChI is InChI=1S/C17H13N3O3S/c1-11-5-7-14-15(9-11)24-17(18-14)19-16(21)8-6-12-3-2-4-13(10-12)20(22)23/h2-10H,1H3,(H,18,19,21)/b8-6+. The second-order valence-corrected chi connectivity index (χ2v) is 6.20. The van der Waals surface area contributed by atoms with E-state index in [4.69, 9.17) is 0 Å². The number of rotatable bonds is 4. The van der Waals surface area contributed by atoms with E-state index in [0.717, 1.165) is 15.8 Å². The lowest BCUT2D eigenvalue weighted by Gasteiger charge is -1.96. The summed E-state index contributed by atoms with van der Waals surface area (Å²) in [5, 5.41) is 14.0. The zero-order chi connectivity index (χ0) is 17.1. The lowest BCUT2D eigenvalue weighted by atomic mass is 10.2. The third-order valence-electron chi connectivity index (χ3n) is 3.28. The molecule has 0 spiro atoms. The van der Waals surface area contributed by atoms with E-state index in [2.05, 4.69) is 10.3 Å². The van der Waals surface area contributed by atoms with Crippen molar-refractivity contribution in [3.63, 3.8) is 0 Å². The molecular formula is C17H13N3O3S. The third-order valence-corrected chi connectivity index (χ3v) is 4.22. The normalized spacial score (nSPS) is 11.0. The van der Waals surface area contributed by atoms with E-state index in [1.54, 1.807) is 12.1 Å². The maximum Gasteiger partial charge on any atom is 0.270 e. The summed E-state index contributed by atoms with van der Waals surface area (Å²) in [7, 11) is 0. The SMILES string of the molecule is Cc1ccc2nc(NC(=O)/C=C/c3cccc([N+](=O)[O-])c3)sc2c1. The number of nitrogens with zero attached hydrogens (tertiary/aromatic N) is 2. The van der Waals surface area contributed by atoms with Crippen LogP contribution in [0.3, 0.4) is 0 Å². The maximum atomic E-state index is 12.0. The van der Waals surface area contributed by atoms with Gasteiger partial charge in [0.15, 0.2) is 5.13 Å². The van der Waals surface area contributed by atoms with Crippen LogP contribution >= 0.6 is 11.3 Å². The van der Waals surface area contributed by atoms with E-state index in [1.807, 2.05) is 25.1 Å². The number of fused-ring (bicyclic) bond motifs is 1. The molecule has 0 atom stereocenters. The zero-order valence-corrected chi connectivity index (χ0v) is 13.5. The number of benzene rings is 2. The summed E-state index contributed by atoms with van der Waals surface area (Å²) in [6, 6.07) is 12.0. The molecule has 1 heterocycles. The molecule has 0 aliphatic heterocycles. The van der Waals surface area contributed by atoms with E-state index >= 15 is 0 Å². The van der Waals surface area contributed by atoms with Crippen molar-refractivity contribution >= 4 is 44.4 Å². The predicted octanol–water partition coefficient (Wildman–Crippen LogP) is 4.16. The van der Waals surface area contributed by atoms with Gasteiger partial charge in [-0.2, -0.15) is 0 Å². The Morgan fingerprint density at radius 3 is 2.92 bits per heavy atom. The van der Waals surface area contributed by atoms with Crippen LogP contribution < -0.4 is 5.32 Å². The van der Waals surface area contributed by atoms with Gasteiger partial charge in [-0.1, -0.05) is 29.5 Å². The number of aromatic nitrogens is 1. The number of hydrogen-bond donors (Lipinski definition) is 1. The first kappa shape index (κ1) is 15.8. The van der Waals surface area contributed by atoms with Gasteiger partial charge in [-0.15, -0.1) is 0 Å². The fourth-order valence-corrected chi connectivity index (χ4v) is 3.11. The van der Waals surface area contributed by atoms with Gasteiger partial charge in [0.25, 0.3) is 5.69 Å². The molecule has 0 bridgehead atoms. The summed E-state index contributed by atoms with van der Waals surface area (Å²) in [6.45, 7) is 2.00. The highest BCUT2D eigenvalue weighted by atomic mass is 32.1. The quantitative estimate of drug-likeness (QED) is 0.439. The molecule has 1 N–H and O–H groups in total. The Morgan fingerprint density at radius 2 is 2.12 bits per heavy atom. The number of nitro groups is 1. The monoisotopic (exact) mass is 339 g/mol. The fraction of sp³-hybridized carbons (Fsp3) is 0.0588. The molecule has 0 radical (unpaired) electrons. The predicted molar refractivity (Wildman–Crippen MR) is 95.1 cm³/mol. The second-order valence-electron chi connectivity index (χ2n) is 5.16. The molecule has 0 saturated heterocycles. The van der Waals surface area contributed by atoms with Crippen molar-refractivity contribution < 1.29 is 9.72 Å². The smallest absolute Gasteiger partial charge is 0.270 e. The van der Waals surface area contributed by atoms with E-state index in [-0.39, 0.29) is 11.6 Å². The number of hydrogen-bond acceptors (Lipinski definition) is 5. The minimum Gasteiger partial charge on any atom is -0.298 e. The fourth-order valence-electron chi connectivity index (χ4n) is 2.15. The number of anilines is 1. The number of thiazole rings is 1. The molecule has 6 nitrogen and oxygen atoms in total. The van der Waals surface area contributed by atoms with E-state index in [9.17, 15) is 14.9 Å². The van der Waals surface area contributed by atoms with Crippen LogP contribution in [0.25, 0.3) is 16.3 Å². The molecule has 1 amide bonds. The first-order chi connectivity index (χ1) is 11.5. The lowest BCUT2D eigenvalue weighted by Crippen LogP contribution is -2.07. The highest BCUT2D eigenvalue weighted by Crippen LogP contribution is 2.26. The van der Waals surface area contributed by atoms with Gasteiger partial charge in [-0.05, 0) is 36.3 Å². The summed E-state index contributed by atoms with van der Waals surface area (Å²) in [5.74, 6) is -0.336. The van der Waals surface area contributed by atoms with Crippen LogP contribution in [-0.2, 0) is 4.79 Å². The lowest BCUT2D eigenvalue weighted by molar-refractivity contribution is -0.384. The molecule has 0 aliphatic carbocycles. The number of carbonyl (C=O) groups excluding carboxylic acids is 1. The first-order valence-electron chi connectivity index (χ1n) is 7.12. The number of non-ortho nitro benzene ring substituents is 1. The van der Waals surface area contributed by atoms with Crippen molar-refractivity contribution in [3.05, 3.63) is 69.8 Å². The average Bonchev–Trinajstić information content (AvgIpc) is 2.94. The van der Waals surface area contributed by atoms with Crippen LogP contribution in [0, 0.1) is 17.0 Å². The van der Waals surface area contributed by atoms with Crippen LogP contribution in [0.1, 0.15) is 11.1 Å². The highest BCUT2D eigenvalue weighted by Gasteiger charge is 2.07. The topological polar surface area (TPSA) is 85.1 Å². The van der Waals surface area contributed by atoms with Gasteiger partial charge in [0.2, 0.25) is 5.91 Å². The molecule has 0 saturated carbocycles. The van der Waals surface area contributed by atoms with Gasteiger partial charge in [-0.3, -0.25) is 20.2 Å². The van der Waals surface area contributed by atoms with Crippen molar-refractivity contribution in [2.75, 3.05) is 5.32 Å². The minimum atomic E-state index is -0.472. The Hall–Kier alpha value is -3.06. The van der Waals surface area contributed by atoms with E-state index in [0.29, 0.717) is 10.7 Å². The Kier molecular flexibility index (Phi) is 4.35. The highest BCUT2D eigenvalue weighted by molar-refractivity contribution is 7.22. The van der Waals surface area contributed by atoms with Crippen molar-refractivity contribution in [2.24, 2.45) is 0 Å². The summed E-state index contributed by atoms with van der Waals surface area (Å²) in [6.07, 6.45) is 2.86. The molecular weight excluding hydrogens is 326 g/mol. The molecule has 3 rings (SSSR count). The van der Waals surface area contributed by atoms with Gasteiger partial charge in [-0.25, -0.2) is 4.98 Å². The number of aryl methyl sites for hydroxylation is 1. The van der Waals surface area contributed by atoms with Gasteiger partial charge in [0, 0.05) is 18.2 Å². The molecule has 3 aromatic rings. The van der Waals surface area contributed by atoms with Crippen molar-refractivity contribution in [1.29, 1.82) is 0 Å². The molecule has 0 aliphatic rings. The summed E-state index contributed by atoms with van der Waals surface area (Å²) in [5.41, 5.74) is 2.54. The van der Waals surface area contributed by atoms with Crippen LogP contribution in [-0.4, -0.2) is 15.8 Å². The van der Waals surface area contributed by atoms with Crippen LogP contribution in [0.5, 0.6) is 0 Å². The molecule has 7 heteroatoms. The Bertz CT molecular complexity index is 963. The molecule has 0 unspecified atom stereocenters. The summed E-state index contributed by atoms with van der Waals surface area (Å²) in [4.78, 5) is 26.6. The Morgan fingerprint density at radius 1 is 1.29 bits per heavy atom. The third kappa shape index (κ3) is 3.64. The minimum absolute atomic E-state index is 0.0147. The number of amides is 1. The molecule has 1 aromatic heterocycles.